The van der Waals surface area contributed by atoms with Crippen LogP contribution in [0.15, 0.2) is 47.3 Å². The van der Waals surface area contributed by atoms with Crippen LogP contribution in [0.3, 0.4) is 0 Å². The number of hydrogen-bond donors (Lipinski definition) is 2. The second-order valence-corrected chi connectivity index (χ2v) is 6.33. The van der Waals surface area contributed by atoms with Gasteiger partial charge in [0.1, 0.15) is 12.6 Å². The maximum Gasteiger partial charge on any atom is 0.258 e. The fourth-order valence-electron chi connectivity index (χ4n) is 2.47. The summed E-state index contributed by atoms with van der Waals surface area (Å²) >= 11 is 12.0. The number of aromatic nitrogens is 2. The number of H-pyrrole nitrogens is 1. The molecule has 0 saturated heterocycles. The third kappa shape index (κ3) is 3.72. The topological polar surface area (TPSA) is 62.4 Å². The molecule has 4 nitrogen and oxygen atoms in total. The van der Waals surface area contributed by atoms with Gasteiger partial charge in [0, 0.05) is 15.6 Å². The van der Waals surface area contributed by atoms with E-state index in [-0.39, 0.29) is 11.6 Å². The van der Waals surface area contributed by atoms with Crippen LogP contribution in [0.5, 0.6) is 0 Å². The number of quaternary nitrogens is 1. The second-order valence-electron chi connectivity index (χ2n) is 5.46. The fraction of sp³-hybridized carbons (Fsp3) is 0.176. The standard InChI is InChI=1S/C17H15Cl2N3O/c1-10(11-3-2-4-12(18)7-11)20-9-16-21-15-8-13(19)5-6-14(15)17(23)22-16/h2-8,10,20H,9H2,1H3,(H,21,22,23)/p+1/t10-/m0/s1. The summed E-state index contributed by atoms with van der Waals surface area (Å²) in [6.45, 7) is 2.65. The van der Waals surface area contributed by atoms with Crippen LogP contribution < -0.4 is 10.9 Å². The Morgan fingerprint density at radius 3 is 2.74 bits per heavy atom. The van der Waals surface area contributed by atoms with Crippen molar-refractivity contribution in [1.82, 2.24) is 9.97 Å². The smallest absolute Gasteiger partial charge is 0.258 e. The van der Waals surface area contributed by atoms with Crippen molar-refractivity contribution in [1.29, 1.82) is 0 Å². The molecule has 0 saturated carbocycles. The van der Waals surface area contributed by atoms with Crippen LogP contribution in [-0.4, -0.2) is 9.97 Å². The van der Waals surface area contributed by atoms with E-state index in [0.29, 0.717) is 28.3 Å². The zero-order valence-corrected chi connectivity index (χ0v) is 14.0. The lowest BCUT2D eigenvalue weighted by Gasteiger charge is -2.11. The van der Waals surface area contributed by atoms with E-state index in [1.54, 1.807) is 18.2 Å². The number of nitrogens with two attached hydrogens (primary N) is 1. The van der Waals surface area contributed by atoms with E-state index in [0.717, 1.165) is 10.6 Å². The quantitative estimate of drug-likeness (QED) is 0.761. The first-order chi connectivity index (χ1) is 11.0. The van der Waals surface area contributed by atoms with Crippen molar-refractivity contribution in [3.63, 3.8) is 0 Å². The first kappa shape index (κ1) is 16.0. The van der Waals surface area contributed by atoms with E-state index in [9.17, 15) is 4.79 Å². The van der Waals surface area contributed by atoms with Gasteiger partial charge in [-0.05, 0) is 37.3 Å². The van der Waals surface area contributed by atoms with Crippen LogP contribution in [0, 0.1) is 0 Å². The van der Waals surface area contributed by atoms with Crippen molar-refractivity contribution in [2.45, 2.75) is 19.5 Å². The SMILES string of the molecule is C[C@H]([NH2+]Cc1nc2cc(Cl)ccc2c(=O)[nH]1)c1cccc(Cl)c1. The highest BCUT2D eigenvalue weighted by atomic mass is 35.5. The van der Waals surface area contributed by atoms with Crippen LogP contribution in [0.25, 0.3) is 10.9 Å². The molecule has 2 aromatic carbocycles. The minimum absolute atomic E-state index is 0.148. The van der Waals surface area contributed by atoms with Crippen molar-refractivity contribution in [3.8, 4) is 0 Å². The van der Waals surface area contributed by atoms with E-state index in [1.807, 2.05) is 24.3 Å². The van der Waals surface area contributed by atoms with Gasteiger partial charge < -0.3 is 10.3 Å². The van der Waals surface area contributed by atoms with Crippen LogP contribution in [0.4, 0.5) is 0 Å². The van der Waals surface area contributed by atoms with Crippen molar-refractivity contribution in [2.75, 3.05) is 0 Å². The Morgan fingerprint density at radius 1 is 1.17 bits per heavy atom. The maximum absolute atomic E-state index is 12.1. The number of fused-ring (bicyclic) bond motifs is 1. The van der Waals surface area contributed by atoms with Crippen molar-refractivity contribution < 1.29 is 5.32 Å². The van der Waals surface area contributed by atoms with Gasteiger partial charge in [0.05, 0.1) is 10.9 Å². The van der Waals surface area contributed by atoms with Crippen molar-refractivity contribution in [2.24, 2.45) is 0 Å². The van der Waals surface area contributed by atoms with Gasteiger partial charge in [-0.1, -0.05) is 35.3 Å². The second kappa shape index (κ2) is 6.71. The predicted octanol–water partition coefficient (Wildman–Crippen LogP) is 3.05. The molecular formula is C17H16Cl2N3O+. The zero-order valence-electron chi connectivity index (χ0n) is 12.5. The summed E-state index contributed by atoms with van der Waals surface area (Å²) in [5.74, 6) is 0.624. The van der Waals surface area contributed by atoms with Crippen LogP contribution in [0.1, 0.15) is 24.4 Å². The van der Waals surface area contributed by atoms with Crippen molar-refractivity contribution in [3.05, 3.63) is 74.3 Å². The Hall–Kier alpha value is -1.88. The minimum Gasteiger partial charge on any atom is -0.334 e. The molecule has 0 amide bonds. The van der Waals surface area contributed by atoms with Gasteiger partial charge in [0.15, 0.2) is 5.82 Å². The number of hydrogen-bond acceptors (Lipinski definition) is 2. The number of nitrogens with zero attached hydrogens (tertiary/aromatic N) is 1. The number of benzene rings is 2. The largest absolute Gasteiger partial charge is 0.334 e. The first-order valence-electron chi connectivity index (χ1n) is 7.30. The summed E-state index contributed by atoms with van der Waals surface area (Å²) in [6, 6.07) is 13.0. The molecule has 3 rings (SSSR count). The molecule has 3 aromatic rings. The lowest BCUT2D eigenvalue weighted by atomic mass is 10.1. The molecule has 1 atom stereocenters. The molecule has 23 heavy (non-hydrogen) atoms. The molecular weight excluding hydrogens is 333 g/mol. The minimum atomic E-state index is -0.148. The first-order valence-corrected chi connectivity index (χ1v) is 8.06. The van der Waals surface area contributed by atoms with E-state index in [2.05, 4.69) is 22.2 Å². The molecule has 0 radical (unpaired) electrons. The van der Waals surface area contributed by atoms with E-state index in [1.165, 1.54) is 0 Å². The number of aromatic amines is 1. The Morgan fingerprint density at radius 2 is 1.96 bits per heavy atom. The highest BCUT2D eigenvalue weighted by Crippen LogP contribution is 2.16. The van der Waals surface area contributed by atoms with Crippen LogP contribution in [-0.2, 0) is 6.54 Å². The van der Waals surface area contributed by atoms with Gasteiger partial charge in [-0.25, -0.2) is 4.98 Å². The van der Waals surface area contributed by atoms with E-state index in [4.69, 9.17) is 23.2 Å². The van der Waals surface area contributed by atoms with Crippen LogP contribution in [0.2, 0.25) is 10.0 Å². The van der Waals surface area contributed by atoms with Gasteiger partial charge in [0.2, 0.25) is 0 Å². The molecule has 0 aliphatic rings. The summed E-state index contributed by atoms with van der Waals surface area (Å²) in [5, 5.41) is 3.92. The van der Waals surface area contributed by atoms with Gasteiger partial charge in [-0.15, -0.1) is 0 Å². The molecule has 3 N–H and O–H groups in total. The van der Waals surface area contributed by atoms with Gasteiger partial charge in [-0.3, -0.25) is 4.79 Å². The Bertz CT molecular complexity index is 908. The summed E-state index contributed by atoms with van der Waals surface area (Å²) in [6.07, 6.45) is 0. The molecule has 0 unspecified atom stereocenters. The highest BCUT2D eigenvalue weighted by molar-refractivity contribution is 6.31. The predicted molar refractivity (Wildman–Crippen MR) is 92.9 cm³/mol. The monoisotopic (exact) mass is 348 g/mol. The molecule has 1 aromatic heterocycles. The zero-order chi connectivity index (χ0) is 16.4. The Labute approximate surface area is 143 Å². The van der Waals surface area contributed by atoms with E-state index < -0.39 is 0 Å². The fourth-order valence-corrected chi connectivity index (χ4v) is 2.84. The molecule has 118 valence electrons. The molecule has 0 aliphatic heterocycles. The highest BCUT2D eigenvalue weighted by Gasteiger charge is 2.11. The normalized spacial score (nSPS) is 12.5. The summed E-state index contributed by atoms with van der Waals surface area (Å²) < 4.78 is 0. The van der Waals surface area contributed by atoms with Gasteiger partial charge in [0.25, 0.3) is 5.56 Å². The number of rotatable bonds is 4. The van der Waals surface area contributed by atoms with Crippen molar-refractivity contribution >= 4 is 34.1 Å². The summed E-state index contributed by atoms with van der Waals surface area (Å²) in [5.41, 5.74) is 1.59. The molecule has 0 bridgehead atoms. The molecule has 1 heterocycles. The molecule has 0 fully saturated rings. The molecule has 0 spiro atoms. The summed E-state index contributed by atoms with van der Waals surface area (Å²) in [4.78, 5) is 19.4. The Kier molecular flexibility index (Phi) is 4.66. The average Bonchev–Trinajstić information content (AvgIpc) is 2.52. The average molecular weight is 349 g/mol. The van der Waals surface area contributed by atoms with Gasteiger partial charge >= 0.3 is 0 Å². The third-order valence-corrected chi connectivity index (χ3v) is 4.23. The molecule has 6 heteroatoms. The van der Waals surface area contributed by atoms with Gasteiger partial charge in [-0.2, -0.15) is 0 Å². The molecule has 0 aliphatic carbocycles. The summed E-state index contributed by atoms with van der Waals surface area (Å²) in [7, 11) is 0. The van der Waals surface area contributed by atoms with E-state index >= 15 is 0 Å². The third-order valence-electron chi connectivity index (χ3n) is 3.76. The lowest BCUT2D eigenvalue weighted by Crippen LogP contribution is -2.83. The maximum atomic E-state index is 12.1. The number of nitrogens with one attached hydrogen (secondary N) is 1. The number of halogens is 2. The lowest BCUT2D eigenvalue weighted by molar-refractivity contribution is -0.708. The van der Waals surface area contributed by atoms with Crippen LogP contribution >= 0.6 is 23.2 Å². The Balaban J connectivity index is 1.80.